The van der Waals surface area contributed by atoms with E-state index in [1.165, 1.54) is 27.9 Å². The first-order chi connectivity index (χ1) is 29.0. The van der Waals surface area contributed by atoms with Crippen LogP contribution in [0.5, 0.6) is 0 Å². The average Bonchev–Trinajstić information content (AvgIpc) is 3.23. The molecule has 1 aliphatic carbocycles. The third-order valence-electron chi connectivity index (χ3n) is 12.7. The molecule has 3 aliphatic rings. The lowest BCUT2D eigenvalue weighted by Crippen LogP contribution is -2.46. The maximum absolute atomic E-state index is 15.1. The summed E-state index contributed by atoms with van der Waals surface area (Å²) >= 11 is 0. The molecule has 0 spiro atoms. The van der Waals surface area contributed by atoms with Gasteiger partial charge >= 0.3 is 5.97 Å². The maximum Gasteiger partial charge on any atom is 0.337 e. The van der Waals surface area contributed by atoms with Crippen molar-refractivity contribution in [3.05, 3.63) is 122 Å². The predicted octanol–water partition coefficient (Wildman–Crippen LogP) is 5.10. The Bertz CT molecular complexity index is 2800. The number of nitrogens with zero attached hydrogens (tertiary/aromatic N) is 9. The standard InChI is InChI=1S/C46H49N9O5/c1-29-8-10-31(24-40(29)53-27-47-38-14-11-33(25-36(38)44(53)57)51-20-16-49(3)17-21-51)43(56)55(32-6-5-7-32)42-35(46(59)60)13-9-30(2)41(42)54-28-48-39-15-12-34(26-37(39)45(54)58)52-22-18-50(4)19-23-52/h8-15,24-28,32H,5-7,16-23H2,1-4H3,(H,59,60). The van der Waals surface area contributed by atoms with E-state index in [1.54, 1.807) is 29.2 Å². The van der Waals surface area contributed by atoms with Crippen LogP contribution in [0.15, 0.2) is 89.0 Å². The van der Waals surface area contributed by atoms with Crippen LogP contribution in [0.3, 0.4) is 0 Å². The molecule has 9 rings (SSSR count). The lowest BCUT2D eigenvalue weighted by molar-refractivity contribution is 0.0697. The predicted molar refractivity (Wildman–Crippen MR) is 235 cm³/mol. The quantitative estimate of drug-likeness (QED) is 0.220. The summed E-state index contributed by atoms with van der Waals surface area (Å²) in [7, 11) is 4.19. The number of likely N-dealkylation sites (N-methyl/N-ethyl adjacent to an activating group) is 2. The highest BCUT2D eigenvalue weighted by Crippen LogP contribution is 2.39. The summed E-state index contributed by atoms with van der Waals surface area (Å²) < 4.78 is 2.87. The van der Waals surface area contributed by atoms with E-state index in [1.807, 2.05) is 50.2 Å². The lowest BCUT2D eigenvalue weighted by Gasteiger charge is -2.39. The molecule has 1 N–H and O–H groups in total. The van der Waals surface area contributed by atoms with Crippen molar-refractivity contribution in [1.29, 1.82) is 0 Å². The van der Waals surface area contributed by atoms with E-state index in [-0.39, 0.29) is 39.7 Å². The van der Waals surface area contributed by atoms with Gasteiger partial charge in [-0.25, -0.2) is 14.8 Å². The summed E-state index contributed by atoms with van der Waals surface area (Å²) in [6.45, 7) is 10.7. The minimum atomic E-state index is -1.23. The van der Waals surface area contributed by atoms with Gasteiger partial charge in [0.05, 0.1) is 44.4 Å². The number of aryl methyl sites for hydroxylation is 2. The van der Waals surface area contributed by atoms with Crippen molar-refractivity contribution >= 4 is 50.7 Å². The summed E-state index contributed by atoms with van der Waals surface area (Å²) in [6.07, 6.45) is 5.09. The summed E-state index contributed by atoms with van der Waals surface area (Å²) in [6, 6.07) is 19.5. The Kier molecular flexibility index (Phi) is 10.2. The van der Waals surface area contributed by atoms with Gasteiger partial charge in [-0.1, -0.05) is 12.1 Å². The highest BCUT2D eigenvalue weighted by molar-refractivity contribution is 6.12. The number of amides is 1. The van der Waals surface area contributed by atoms with Gasteiger partial charge in [-0.2, -0.15) is 0 Å². The normalized spacial score (nSPS) is 16.7. The van der Waals surface area contributed by atoms with Crippen LogP contribution in [0.2, 0.25) is 0 Å². The van der Waals surface area contributed by atoms with Crippen molar-refractivity contribution in [2.45, 2.75) is 39.2 Å². The monoisotopic (exact) mass is 807 g/mol. The number of aromatic carboxylic acids is 1. The number of benzene rings is 4. The second-order valence-corrected chi connectivity index (χ2v) is 16.5. The summed E-state index contributed by atoms with van der Waals surface area (Å²) in [5.74, 6) is -1.66. The van der Waals surface area contributed by atoms with Crippen molar-refractivity contribution in [2.75, 3.05) is 81.2 Å². The molecular formula is C46H49N9O5. The molecule has 4 aromatic carbocycles. The Morgan fingerprint density at radius 2 is 1.20 bits per heavy atom. The summed E-state index contributed by atoms with van der Waals surface area (Å²) in [5, 5.41) is 11.6. The van der Waals surface area contributed by atoms with Crippen LogP contribution in [-0.2, 0) is 0 Å². The maximum atomic E-state index is 15.1. The molecule has 1 amide bonds. The topological polar surface area (TPSA) is 140 Å². The van der Waals surface area contributed by atoms with Crippen molar-refractivity contribution < 1.29 is 14.7 Å². The molecule has 14 heteroatoms. The molecule has 1 saturated carbocycles. The summed E-state index contributed by atoms with van der Waals surface area (Å²) in [5.41, 5.74) is 4.82. The molecule has 0 unspecified atom stereocenters. The van der Waals surface area contributed by atoms with Crippen LogP contribution >= 0.6 is 0 Å². The van der Waals surface area contributed by atoms with Gasteiger partial charge in [-0.3, -0.25) is 23.5 Å². The fourth-order valence-electron chi connectivity index (χ4n) is 8.71. The van der Waals surface area contributed by atoms with Gasteiger partial charge in [-0.15, -0.1) is 0 Å². The van der Waals surface area contributed by atoms with Crippen LogP contribution in [0, 0.1) is 13.8 Å². The van der Waals surface area contributed by atoms with Gasteiger partial charge < -0.3 is 29.6 Å². The molecule has 14 nitrogen and oxygen atoms in total. The van der Waals surface area contributed by atoms with E-state index in [4.69, 9.17) is 0 Å². The van der Waals surface area contributed by atoms with Gasteiger partial charge in [0.25, 0.3) is 17.0 Å². The van der Waals surface area contributed by atoms with Gasteiger partial charge in [-0.05, 0) is 113 Å². The van der Waals surface area contributed by atoms with Crippen molar-refractivity contribution in [1.82, 2.24) is 28.9 Å². The molecule has 4 heterocycles. The van der Waals surface area contributed by atoms with E-state index in [0.717, 1.165) is 75.7 Å². The van der Waals surface area contributed by atoms with Crippen molar-refractivity contribution in [3.8, 4) is 11.4 Å². The number of carbonyl (C=O) groups excluding carboxylic acids is 1. The number of piperazine rings is 2. The highest BCUT2D eigenvalue weighted by atomic mass is 16.4. The van der Waals surface area contributed by atoms with Gasteiger partial charge in [0.2, 0.25) is 0 Å². The third-order valence-corrected chi connectivity index (χ3v) is 12.7. The second kappa shape index (κ2) is 15.7. The minimum Gasteiger partial charge on any atom is -0.478 e. The van der Waals surface area contributed by atoms with E-state index >= 15 is 4.79 Å². The highest BCUT2D eigenvalue weighted by Gasteiger charge is 2.36. The Hall–Kier alpha value is -6.38. The molecular weight excluding hydrogens is 759 g/mol. The largest absolute Gasteiger partial charge is 0.478 e. The van der Waals surface area contributed by atoms with Crippen LogP contribution in [0.1, 0.15) is 51.1 Å². The Morgan fingerprint density at radius 1 is 0.667 bits per heavy atom. The minimum absolute atomic E-state index is 0.104. The molecule has 308 valence electrons. The molecule has 0 atom stereocenters. The molecule has 0 bridgehead atoms. The lowest BCUT2D eigenvalue weighted by atomic mass is 9.89. The Labute approximate surface area is 347 Å². The number of carboxylic acid groups (broad SMARTS) is 1. The first-order valence-corrected chi connectivity index (χ1v) is 20.7. The van der Waals surface area contributed by atoms with Crippen LogP contribution in [0.4, 0.5) is 17.1 Å². The van der Waals surface area contributed by atoms with Gasteiger partial charge in [0.15, 0.2) is 0 Å². The molecule has 0 radical (unpaired) electrons. The number of hydrogen-bond donors (Lipinski definition) is 1. The fraction of sp³-hybridized carbons (Fsp3) is 0.348. The van der Waals surface area contributed by atoms with E-state index < -0.39 is 11.9 Å². The van der Waals surface area contributed by atoms with Crippen molar-refractivity contribution in [2.24, 2.45) is 0 Å². The number of hydrogen-bond acceptors (Lipinski definition) is 10. The SMILES string of the molecule is Cc1ccc(C(=O)N(c2c(C(=O)O)ccc(C)c2-n2cnc3ccc(N4CCN(C)CC4)cc3c2=O)C2CCC2)cc1-n1cnc2ccc(N3CCN(C)CC3)cc2c1=O. The number of carbonyl (C=O) groups is 2. The zero-order chi connectivity index (χ0) is 41.8. The fourth-order valence-corrected chi connectivity index (χ4v) is 8.71. The van der Waals surface area contributed by atoms with E-state index in [2.05, 4.69) is 43.7 Å². The summed E-state index contributed by atoms with van der Waals surface area (Å²) in [4.78, 5) is 77.1. The van der Waals surface area contributed by atoms with E-state index in [0.29, 0.717) is 45.9 Å². The first kappa shape index (κ1) is 39.1. The van der Waals surface area contributed by atoms with Crippen molar-refractivity contribution in [3.63, 3.8) is 0 Å². The third kappa shape index (κ3) is 6.98. The number of fused-ring (bicyclic) bond motifs is 2. The first-order valence-electron chi connectivity index (χ1n) is 20.7. The molecule has 2 aromatic heterocycles. The molecule has 3 fully saturated rings. The Morgan fingerprint density at radius 3 is 1.73 bits per heavy atom. The zero-order valence-corrected chi connectivity index (χ0v) is 34.5. The van der Waals surface area contributed by atoms with Gasteiger partial charge in [0.1, 0.15) is 12.7 Å². The number of rotatable bonds is 8. The average molecular weight is 808 g/mol. The molecule has 60 heavy (non-hydrogen) atoms. The smallest absolute Gasteiger partial charge is 0.337 e. The number of anilines is 3. The number of aromatic nitrogens is 4. The Balaban J connectivity index is 1.15. The van der Waals surface area contributed by atoms with E-state index in [9.17, 15) is 19.5 Å². The number of carboxylic acids is 1. The van der Waals surface area contributed by atoms with Crippen LogP contribution in [-0.4, -0.2) is 118 Å². The van der Waals surface area contributed by atoms with Gasteiger partial charge in [0, 0.05) is 75.3 Å². The molecule has 6 aromatic rings. The second-order valence-electron chi connectivity index (χ2n) is 16.5. The molecule has 2 aliphatic heterocycles. The zero-order valence-electron chi connectivity index (χ0n) is 34.5. The van der Waals surface area contributed by atoms with Crippen LogP contribution in [0.25, 0.3) is 33.2 Å². The van der Waals surface area contributed by atoms with Crippen LogP contribution < -0.4 is 25.8 Å². The molecule has 2 saturated heterocycles.